The second-order valence-corrected chi connectivity index (χ2v) is 6.93. The van der Waals surface area contributed by atoms with Crippen LogP contribution >= 0.6 is 0 Å². The van der Waals surface area contributed by atoms with Crippen molar-refractivity contribution in [2.75, 3.05) is 39.4 Å². The number of nitrogens with one attached hydrogen (secondary N) is 1. The molecule has 0 unspecified atom stereocenters. The molecule has 3 heterocycles. The Kier molecular flexibility index (Phi) is 4.64. The van der Waals surface area contributed by atoms with Crippen LogP contribution in [-0.4, -0.2) is 60.2 Å². The Morgan fingerprint density at radius 3 is 2.91 bits per heavy atom. The number of H-pyrrole nitrogens is 1. The smallest absolute Gasteiger partial charge is 0.0594 e. The minimum Gasteiger partial charge on any atom is -0.379 e. The SMILES string of the molecule is c1cc2cc(CN3CCCC[C@H]3CN3CCOCC3)ccc2[nH]1. The van der Waals surface area contributed by atoms with Crippen LogP contribution in [0.25, 0.3) is 10.9 Å². The Morgan fingerprint density at radius 2 is 2.00 bits per heavy atom. The first-order valence-corrected chi connectivity index (χ1v) is 8.99. The third-order valence-electron chi connectivity index (χ3n) is 5.33. The van der Waals surface area contributed by atoms with Crippen molar-refractivity contribution in [3.8, 4) is 0 Å². The van der Waals surface area contributed by atoms with Gasteiger partial charge in [-0.3, -0.25) is 9.80 Å². The van der Waals surface area contributed by atoms with Crippen LogP contribution in [0.1, 0.15) is 24.8 Å². The highest BCUT2D eigenvalue weighted by Crippen LogP contribution is 2.22. The number of nitrogens with zero attached hydrogens (tertiary/aromatic N) is 2. The van der Waals surface area contributed by atoms with E-state index in [2.05, 4.69) is 39.0 Å². The molecule has 4 nitrogen and oxygen atoms in total. The van der Waals surface area contributed by atoms with Crippen molar-refractivity contribution in [2.24, 2.45) is 0 Å². The fraction of sp³-hybridized carbons (Fsp3) is 0.579. The van der Waals surface area contributed by atoms with Crippen molar-refractivity contribution in [3.05, 3.63) is 36.0 Å². The summed E-state index contributed by atoms with van der Waals surface area (Å²) in [7, 11) is 0. The minimum absolute atomic E-state index is 0.698. The average Bonchev–Trinajstić information content (AvgIpc) is 3.05. The van der Waals surface area contributed by atoms with Gasteiger partial charge in [-0.15, -0.1) is 0 Å². The summed E-state index contributed by atoms with van der Waals surface area (Å²) in [6, 6.07) is 9.70. The van der Waals surface area contributed by atoms with Gasteiger partial charge < -0.3 is 9.72 Å². The molecule has 2 aliphatic heterocycles. The fourth-order valence-corrected chi connectivity index (χ4v) is 3.99. The minimum atomic E-state index is 0.698. The number of fused-ring (bicyclic) bond motifs is 1. The van der Waals surface area contributed by atoms with Crippen LogP contribution in [-0.2, 0) is 11.3 Å². The third kappa shape index (κ3) is 3.60. The van der Waals surface area contributed by atoms with Crippen LogP contribution in [0.3, 0.4) is 0 Å². The standard InChI is InChI=1S/C19H27N3O/c1-2-8-22(18(3-1)15-21-9-11-23-12-10-21)14-16-4-5-19-17(13-16)6-7-20-19/h4-7,13,18,20H,1-3,8-12,14-15H2/t18-/m0/s1. The summed E-state index contributed by atoms with van der Waals surface area (Å²) in [5, 5.41) is 1.32. The second kappa shape index (κ2) is 7.04. The zero-order chi connectivity index (χ0) is 15.5. The van der Waals surface area contributed by atoms with Gasteiger partial charge in [0.2, 0.25) is 0 Å². The van der Waals surface area contributed by atoms with E-state index in [4.69, 9.17) is 4.74 Å². The molecule has 0 spiro atoms. The van der Waals surface area contributed by atoms with Gasteiger partial charge in [-0.25, -0.2) is 0 Å². The molecule has 1 aromatic heterocycles. The maximum atomic E-state index is 5.49. The Hall–Kier alpha value is -1.36. The quantitative estimate of drug-likeness (QED) is 0.942. The molecule has 0 amide bonds. The van der Waals surface area contributed by atoms with Gasteiger partial charge in [-0.1, -0.05) is 12.5 Å². The van der Waals surface area contributed by atoms with E-state index < -0.39 is 0 Å². The lowest BCUT2D eigenvalue weighted by Gasteiger charge is -2.39. The maximum Gasteiger partial charge on any atom is 0.0594 e. The largest absolute Gasteiger partial charge is 0.379 e. The van der Waals surface area contributed by atoms with Crippen molar-refractivity contribution >= 4 is 10.9 Å². The van der Waals surface area contributed by atoms with E-state index in [0.717, 1.165) is 32.8 Å². The third-order valence-corrected chi connectivity index (χ3v) is 5.33. The molecular formula is C19H27N3O. The zero-order valence-corrected chi connectivity index (χ0v) is 13.8. The molecule has 0 saturated carbocycles. The van der Waals surface area contributed by atoms with Crippen molar-refractivity contribution < 1.29 is 4.74 Å². The summed E-state index contributed by atoms with van der Waals surface area (Å²) in [6.45, 7) is 7.51. The lowest BCUT2D eigenvalue weighted by molar-refractivity contribution is 0.0153. The number of piperidine rings is 1. The fourth-order valence-electron chi connectivity index (χ4n) is 3.99. The van der Waals surface area contributed by atoms with E-state index in [-0.39, 0.29) is 0 Å². The van der Waals surface area contributed by atoms with Gasteiger partial charge in [0.1, 0.15) is 0 Å². The lowest BCUT2D eigenvalue weighted by Crippen LogP contribution is -2.49. The van der Waals surface area contributed by atoms with Gasteiger partial charge in [0.25, 0.3) is 0 Å². The van der Waals surface area contributed by atoms with Crippen LogP contribution in [0.15, 0.2) is 30.5 Å². The van der Waals surface area contributed by atoms with Crippen LogP contribution in [0.4, 0.5) is 0 Å². The molecule has 2 fully saturated rings. The monoisotopic (exact) mass is 313 g/mol. The highest BCUT2D eigenvalue weighted by atomic mass is 16.5. The second-order valence-electron chi connectivity index (χ2n) is 6.93. The van der Waals surface area contributed by atoms with Gasteiger partial charge in [-0.05, 0) is 48.5 Å². The highest BCUT2D eigenvalue weighted by molar-refractivity contribution is 5.79. The molecule has 1 aromatic carbocycles. The van der Waals surface area contributed by atoms with Crippen LogP contribution in [0.5, 0.6) is 0 Å². The van der Waals surface area contributed by atoms with E-state index in [1.54, 1.807) is 0 Å². The number of morpholine rings is 1. The predicted molar refractivity (Wildman–Crippen MR) is 93.6 cm³/mol. The zero-order valence-electron chi connectivity index (χ0n) is 13.8. The summed E-state index contributed by atoms with van der Waals surface area (Å²) < 4.78 is 5.49. The number of rotatable bonds is 4. The highest BCUT2D eigenvalue weighted by Gasteiger charge is 2.25. The number of likely N-dealkylation sites (tertiary alicyclic amines) is 1. The Balaban J connectivity index is 1.43. The van der Waals surface area contributed by atoms with Crippen LogP contribution < -0.4 is 0 Å². The summed E-state index contributed by atoms with van der Waals surface area (Å²) >= 11 is 0. The van der Waals surface area contributed by atoms with Gasteiger partial charge >= 0.3 is 0 Å². The topological polar surface area (TPSA) is 31.5 Å². The number of ether oxygens (including phenoxy) is 1. The molecule has 2 saturated heterocycles. The average molecular weight is 313 g/mol. The van der Waals surface area contributed by atoms with E-state index in [9.17, 15) is 0 Å². The molecule has 124 valence electrons. The predicted octanol–water partition coefficient (Wildman–Crippen LogP) is 2.85. The molecule has 4 heteroatoms. The Labute approximate surface area is 138 Å². The number of hydrogen-bond acceptors (Lipinski definition) is 3. The number of hydrogen-bond donors (Lipinski definition) is 1. The first kappa shape index (κ1) is 15.2. The van der Waals surface area contributed by atoms with E-state index >= 15 is 0 Å². The first-order valence-electron chi connectivity index (χ1n) is 8.99. The first-order chi connectivity index (χ1) is 11.4. The Morgan fingerprint density at radius 1 is 1.09 bits per heavy atom. The van der Waals surface area contributed by atoms with Crippen molar-refractivity contribution in [1.29, 1.82) is 0 Å². The normalized spacial score (nSPS) is 24.3. The molecular weight excluding hydrogens is 286 g/mol. The molecule has 1 atom stereocenters. The van der Waals surface area contributed by atoms with Gasteiger partial charge in [-0.2, -0.15) is 0 Å². The molecule has 2 aliphatic rings. The number of benzene rings is 1. The molecule has 4 rings (SSSR count). The molecule has 0 aliphatic carbocycles. The Bertz CT molecular complexity index is 632. The number of aromatic nitrogens is 1. The van der Waals surface area contributed by atoms with Gasteiger partial charge in [0.05, 0.1) is 13.2 Å². The molecule has 0 bridgehead atoms. The summed E-state index contributed by atoms with van der Waals surface area (Å²) in [5.74, 6) is 0. The van der Waals surface area contributed by atoms with Crippen molar-refractivity contribution in [1.82, 2.24) is 14.8 Å². The van der Waals surface area contributed by atoms with Crippen molar-refractivity contribution in [2.45, 2.75) is 31.8 Å². The molecule has 1 N–H and O–H groups in total. The van der Waals surface area contributed by atoms with Gasteiger partial charge in [0, 0.05) is 43.9 Å². The summed E-state index contributed by atoms with van der Waals surface area (Å²) in [6.07, 6.45) is 6.08. The van der Waals surface area contributed by atoms with E-state index in [1.165, 1.54) is 48.8 Å². The van der Waals surface area contributed by atoms with Crippen LogP contribution in [0, 0.1) is 0 Å². The number of aromatic amines is 1. The maximum absolute atomic E-state index is 5.49. The van der Waals surface area contributed by atoms with E-state index in [1.807, 2.05) is 6.20 Å². The lowest BCUT2D eigenvalue weighted by atomic mass is 10.00. The summed E-state index contributed by atoms with van der Waals surface area (Å²) in [4.78, 5) is 8.57. The van der Waals surface area contributed by atoms with Crippen molar-refractivity contribution in [3.63, 3.8) is 0 Å². The van der Waals surface area contributed by atoms with Crippen LogP contribution in [0.2, 0.25) is 0 Å². The van der Waals surface area contributed by atoms with E-state index in [0.29, 0.717) is 6.04 Å². The van der Waals surface area contributed by atoms with Gasteiger partial charge in [0.15, 0.2) is 0 Å². The molecule has 2 aromatic rings. The molecule has 0 radical (unpaired) electrons. The molecule has 23 heavy (non-hydrogen) atoms. The summed E-state index contributed by atoms with van der Waals surface area (Å²) in [5.41, 5.74) is 2.67.